The lowest BCUT2D eigenvalue weighted by atomic mass is 9.60. The van der Waals surface area contributed by atoms with E-state index in [-0.39, 0.29) is 12.0 Å². The van der Waals surface area contributed by atoms with Crippen LogP contribution in [0.15, 0.2) is 0 Å². The van der Waals surface area contributed by atoms with Crippen molar-refractivity contribution < 1.29 is 9.90 Å². The van der Waals surface area contributed by atoms with Crippen molar-refractivity contribution in [3.63, 3.8) is 0 Å². The van der Waals surface area contributed by atoms with Gasteiger partial charge in [-0.3, -0.25) is 4.79 Å². The maximum Gasteiger partial charge on any atom is 0.225 e. The van der Waals surface area contributed by atoms with Gasteiger partial charge in [-0.15, -0.1) is 0 Å². The van der Waals surface area contributed by atoms with Crippen LogP contribution in [0.5, 0.6) is 0 Å². The Morgan fingerprint density at radius 2 is 1.78 bits per heavy atom. The number of piperidine rings is 2. The lowest BCUT2D eigenvalue weighted by Gasteiger charge is -2.54. The predicted octanol–water partition coefficient (Wildman–Crippen LogP) is 2.04. The molecule has 4 aliphatic rings. The Balaban J connectivity index is 1.55. The number of amides is 1. The second kappa shape index (κ2) is 4.84. The average molecular weight is 251 g/mol. The highest BCUT2D eigenvalue weighted by molar-refractivity contribution is 5.79. The number of carbonyl (C=O) groups is 1. The molecule has 0 aromatic carbocycles. The first-order chi connectivity index (χ1) is 8.69. The van der Waals surface area contributed by atoms with Crippen molar-refractivity contribution in [3.8, 4) is 0 Å². The van der Waals surface area contributed by atoms with Gasteiger partial charge in [-0.2, -0.15) is 0 Å². The number of carbonyl (C=O) groups excluding carboxylic acids is 1. The molecule has 2 aliphatic carbocycles. The molecule has 0 radical (unpaired) electrons. The quantitative estimate of drug-likeness (QED) is 0.816. The van der Waals surface area contributed by atoms with Crippen LogP contribution in [0.4, 0.5) is 0 Å². The molecule has 3 nitrogen and oxygen atoms in total. The molecule has 2 heterocycles. The normalized spacial score (nSPS) is 43.4. The van der Waals surface area contributed by atoms with Crippen molar-refractivity contribution >= 4 is 5.91 Å². The van der Waals surface area contributed by atoms with Gasteiger partial charge in [0.2, 0.25) is 5.91 Å². The van der Waals surface area contributed by atoms with Gasteiger partial charge in [-0.1, -0.05) is 13.3 Å². The number of aliphatic hydroxyl groups excluding tert-OH is 1. The molecular weight excluding hydrogens is 226 g/mol. The Kier molecular flexibility index (Phi) is 3.35. The molecule has 2 saturated heterocycles. The minimum atomic E-state index is -0.159. The highest BCUT2D eigenvalue weighted by Gasteiger charge is 2.47. The molecule has 2 bridgehead atoms. The van der Waals surface area contributed by atoms with Crippen LogP contribution in [-0.2, 0) is 4.79 Å². The summed E-state index contributed by atoms with van der Waals surface area (Å²) in [6.45, 7) is 4.30. The fraction of sp³-hybridized carbons (Fsp3) is 0.933. The zero-order valence-corrected chi connectivity index (χ0v) is 11.3. The van der Waals surface area contributed by atoms with E-state index in [1.807, 2.05) is 0 Å². The van der Waals surface area contributed by atoms with Crippen LogP contribution in [-0.4, -0.2) is 35.1 Å². The summed E-state index contributed by atoms with van der Waals surface area (Å²) in [4.78, 5) is 14.6. The fourth-order valence-corrected chi connectivity index (χ4v) is 4.42. The number of nitrogens with zero attached hydrogens (tertiary/aromatic N) is 1. The fourth-order valence-electron chi connectivity index (χ4n) is 4.42. The van der Waals surface area contributed by atoms with Gasteiger partial charge >= 0.3 is 0 Å². The van der Waals surface area contributed by atoms with Crippen LogP contribution in [0.3, 0.4) is 0 Å². The van der Waals surface area contributed by atoms with Gasteiger partial charge in [0.15, 0.2) is 0 Å². The summed E-state index contributed by atoms with van der Waals surface area (Å²) < 4.78 is 0. The summed E-state index contributed by atoms with van der Waals surface area (Å²) in [6.07, 6.45) is 5.89. The second-order valence-electron chi connectivity index (χ2n) is 6.58. The second-order valence-corrected chi connectivity index (χ2v) is 6.58. The molecule has 0 aromatic rings. The highest BCUT2D eigenvalue weighted by atomic mass is 16.3. The Morgan fingerprint density at radius 3 is 2.33 bits per heavy atom. The maximum atomic E-state index is 12.5. The number of fused-ring (bicyclic) bond motifs is 2. The Bertz CT molecular complexity index is 310. The smallest absolute Gasteiger partial charge is 0.225 e. The molecule has 2 saturated carbocycles. The molecular formula is C15H25NO2. The molecule has 3 heteroatoms. The molecule has 18 heavy (non-hydrogen) atoms. The molecule has 2 aliphatic heterocycles. The van der Waals surface area contributed by atoms with Crippen LogP contribution in [0.25, 0.3) is 0 Å². The molecule has 2 unspecified atom stereocenters. The van der Waals surface area contributed by atoms with Crippen LogP contribution in [0.2, 0.25) is 0 Å². The Hall–Kier alpha value is -0.570. The lowest BCUT2D eigenvalue weighted by Crippen LogP contribution is -2.57. The molecule has 1 amide bonds. The molecule has 0 aromatic heterocycles. The minimum Gasteiger partial charge on any atom is -0.393 e. The van der Waals surface area contributed by atoms with Crippen LogP contribution < -0.4 is 0 Å². The molecule has 4 fully saturated rings. The summed E-state index contributed by atoms with van der Waals surface area (Å²) >= 11 is 0. The number of hydrogen-bond donors (Lipinski definition) is 1. The predicted molar refractivity (Wildman–Crippen MR) is 69.9 cm³/mol. The third kappa shape index (κ3) is 2.07. The third-order valence-corrected chi connectivity index (χ3v) is 5.56. The summed E-state index contributed by atoms with van der Waals surface area (Å²) in [7, 11) is 0. The topological polar surface area (TPSA) is 40.5 Å². The molecule has 102 valence electrons. The van der Waals surface area contributed by atoms with E-state index in [1.54, 1.807) is 0 Å². The van der Waals surface area contributed by atoms with Crippen molar-refractivity contribution in [2.24, 2.45) is 23.7 Å². The Morgan fingerprint density at radius 1 is 1.17 bits per heavy atom. The Labute approximate surface area is 110 Å². The minimum absolute atomic E-state index is 0.159. The van der Waals surface area contributed by atoms with E-state index in [0.717, 1.165) is 56.5 Å². The van der Waals surface area contributed by atoms with Crippen LogP contribution in [0.1, 0.15) is 45.4 Å². The monoisotopic (exact) mass is 251 g/mol. The third-order valence-electron chi connectivity index (χ3n) is 5.56. The van der Waals surface area contributed by atoms with Gasteiger partial charge < -0.3 is 10.0 Å². The molecule has 2 atom stereocenters. The van der Waals surface area contributed by atoms with Crippen molar-refractivity contribution in [2.75, 3.05) is 13.1 Å². The van der Waals surface area contributed by atoms with Crippen LogP contribution in [0, 0.1) is 23.7 Å². The van der Waals surface area contributed by atoms with E-state index >= 15 is 0 Å². The van der Waals surface area contributed by atoms with Gasteiger partial charge in [-0.25, -0.2) is 0 Å². The van der Waals surface area contributed by atoms with Gasteiger partial charge in [0.05, 0.1) is 6.10 Å². The standard InChI is InChI=1S/C15H25NO2/c1-2-14-11-7-12(14)9-16(8-11)15(18)10-3-5-13(17)6-4-10/h10-14,17H,2-9H2,1H3. The lowest BCUT2D eigenvalue weighted by molar-refractivity contribution is -0.148. The van der Waals surface area contributed by atoms with E-state index in [9.17, 15) is 9.90 Å². The van der Waals surface area contributed by atoms with Gasteiger partial charge in [0.25, 0.3) is 0 Å². The molecule has 0 spiro atoms. The summed E-state index contributed by atoms with van der Waals surface area (Å²) in [5.41, 5.74) is 0. The van der Waals surface area contributed by atoms with Crippen molar-refractivity contribution in [1.29, 1.82) is 0 Å². The first kappa shape index (κ1) is 12.5. The molecule has 1 N–H and O–H groups in total. The maximum absolute atomic E-state index is 12.5. The zero-order chi connectivity index (χ0) is 12.7. The van der Waals surface area contributed by atoms with Crippen molar-refractivity contribution in [1.82, 2.24) is 4.90 Å². The van der Waals surface area contributed by atoms with E-state index in [0.29, 0.717) is 5.91 Å². The van der Waals surface area contributed by atoms with E-state index in [2.05, 4.69) is 11.8 Å². The van der Waals surface area contributed by atoms with Gasteiger partial charge in [-0.05, 0) is 49.9 Å². The van der Waals surface area contributed by atoms with Crippen molar-refractivity contribution in [3.05, 3.63) is 0 Å². The van der Waals surface area contributed by atoms with E-state index < -0.39 is 0 Å². The number of hydrogen-bond acceptors (Lipinski definition) is 2. The summed E-state index contributed by atoms with van der Waals surface area (Å²) in [5.74, 6) is 3.04. The average Bonchev–Trinajstić information content (AvgIpc) is 2.39. The number of aliphatic hydroxyl groups is 1. The summed E-state index contributed by atoms with van der Waals surface area (Å²) in [5, 5.41) is 9.51. The summed E-state index contributed by atoms with van der Waals surface area (Å²) in [6, 6.07) is 0. The van der Waals surface area contributed by atoms with E-state index in [4.69, 9.17) is 0 Å². The zero-order valence-electron chi connectivity index (χ0n) is 11.3. The first-order valence-corrected chi connectivity index (χ1v) is 7.66. The van der Waals surface area contributed by atoms with E-state index in [1.165, 1.54) is 12.8 Å². The van der Waals surface area contributed by atoms with Gasteiger partial charge in [0, 0.05) is 19.0 Å². The highest BCUT2D eigenvalue weighted by Crippen LogP contribution is 2.47. The van der Waals surface area contributed by atoms with Gasteiger partial charge in [0.1, 0.15) is 0 Å². The number of rotatable bonds is 2. The first-order valence-electron chi connectivity index (χ1n) is 7.66. The largest absolute Gasteiger partial charge is 0.393 e. The van der Waals surface area contributed by atoms with Crippen molar-refractivity contribution in [2.45, 2.75) is 51.6 Å². The van der Waals surface area contributed by atoms with Crippen LogP contribution >= 0.6 is 0 Å². The molecule has 4 rings (SSSR count). The SMILES string of the molecule is CCC1C2CC1CN(C(=O)C1CCC(O)CC1)C2.